The molecular weight excluding hydrogens is 337 g/mol. The van der Waals surface area contributed by atoms with Gasteiger partial charge in [-0.15, -0.1) is 24.8 Å². The van der Waals surface area contributed by atoms with Crippen LogP contribution in [0.1, 0.15) is 19.4 Å². The molecule has 1 aromatic rings. The Bertz CT molecular complexity index is 461. The number of benzene rings is 1. The van der Waals surface area contributed by atoms with Crippen molar-refractivity contribution in [1.82, 2.24) is 9.80 Å². The molecule has 0 aliphatic carbocycles. The van der Waals surface area contributed by atoms with E-state index in [0.29, 0.717) is 6.61 Å². The standard InChI is InChI=1S/C16H25N3O2.2ClH/c1-3-21-15-6-4-14(5-7-15)12-18-8-10-19(11-9-18)16(20)13(2)17;;/h4-7,13H,3,8-12,17H2,1-2H3;2*1H/t13-;;/m1../s1. The molecule has 1 aromatic carbocycles. The van der Waals surface area contributed by atoms with Gasteiger partial charge in [0.05, 0.1) is 12.6 Å². The molecule has 0 bridgehead atoms. The number of nitrogens with two attached hydrogens (primary N) is 1. The second-order valence-corrected chi connectivity index (χ2v) is 5.47. The Morgan fingerprint density at radius 3 is 2.22 bits per heavy atom. The maximum Gasteiger partial charge on any atom is 0.239 e. The number of hydrogen-bond acceptors (Lipinski definition) is 4. The molecule has 1 atom stereocenters. The Kier molecular flexibility index (Phi) is 10.2. The molecule has 23 heavy (non-hydrogen) atoms. The maximum atomic E-state index is 11.8. The quantitative estimate of drug-likeness (QED) is 0.867. The van der Waals surface area contributed by atoms with Gasteiger partial charge in [0.1, 0.15) is 5.75 Å². The van der Waals surface area contributed by atoms with E-state index in [1.54, 1.807) is 6.92 Å². The average Bonchev–Trinajstić information content (AvgIpc) is 2.49. The molecule has 1 heterocycles. The van der Waals surface area contributed by atoms with Gasteiger partial charge in [-0.2, -0.15) is 0 Å². The molecule has 132 valence electrons. The van der Waals surface area contributed by atoms with Gasteiger partial charge < -0.3 is 15.4 Å². The van der Waals surface area contributed by atoms with Crippen molar-refractivity contribution < 1.29 is 9.53 Å². The van der Waals surface area contributed by atoms with E-state index in [2.05, 4.69) is 17.0 Å². The van der Waals surface area contributed by atoms with Crippen LogP contribution in [0.3, 0.4) is 0 Å². The predicted octanol–water partition coefficient (Wildman–Crippen LogP) is 1.92. The average molecular weight is 364 g/mol. The van der Waals surface area contributed by atoms with Crippen LogP contribution < -0.4 is 10.5 Å². The van der Waals surface area contributed by atoms with E-state index in [1.807, 2.05) is 24.0 Å². The molecule has 1 amide bonds. The molecule has 1 fully saturated rings. The number of carbonyl (C=O) groups is 1. The lowest BCUT2D eigenvalue weighted by molar-refractivity contribution is -0.134. The maximum absolute atomic E-state index is 11.8. The van der Waals surface area contributed by atoms with Gasteiger partial charge in [-0.25, -0.2) is 0 Å². The molecule has 0 spiro atoms. The Morgan fingerprint density at radius 1 is 1.17 bits per heavy atom. The third-order valence-electron chi connectivity index (χ3n) is 3.71. The molecule has 1 aliphatic heterocycles. The molecule has 1 aliphatic rings. The molecule has 0 radical (unpaired) electrons. The van der Waals surface area contributed by atoms with Gasteiger partial charge in [0, 0.05) is 32.7 Å². The van der Waals surface area contributed by atoms with Crippen LogP contribution in [0.25, 0.3) is 0 Å². The summed E-state index contributed by atoms with van der Waals surface area (Å²) in [5, 5.41) is 0. The number of carbonyl (C=O) groups excluding carboxylic acids is 1. The van der Waals surface area contributed by atoms with Gasteiger partial charge in [0.25, 0.3) is 0 Å². The van der Waals surface area contributed by atoms with E-state index >= 15 is 0 Å². The Morgan fingerprint density at radius 2 is 1.74 bits per heavy atom. The van der Waals surface area contributed by atoms with Crippen LogP contribution in [0.15, 0.2) is 24.3 Å². The summed E-state index contributed by atoms with van der Waals surface area (Å²) in [7, 11) is 0. The molecular formula is C16H27Cl2N3O2. The Labute approximate surface area is 151 Å². The second-order valence-electron chi connectivity index (χ2n) is 5.47. The van der Waals surface area contributed by atoms with Crippen molar-refractivity contribution >= 4 is 30.7 Å². The fraction of sp³-hybridized carbons (Fsp3) is 0.562. The molecule has 5 nitrogen and oxygen atoms in total. The summed E-state index contributed by atoms with van der Waals surface area (Å²) in [6.45, 7) is 8.64. The van der Waals surface area contributed by atoms with E-state index in [-0.39, 0.29) is 30.7 Å². The Hall–Kier alpha value is -1.01. The highest BCUT2D eigenvalue weighted by atomic mass is 35.5. The van der Waals surface area contributed by atoms with Gasteiger partial charge in [-0.3, -0.25) is 9.69 Å². The van der Waals surface area contributed by atoms with E-state index in [4.69, 9.17) is 10.5 Å². The number of nitrogens with zero attached hydrogens (tertiary/aromatic N) is 2. The van der Waals surface area contributed by atoms with Gasteiger partial charge in [-0.05, 0) is 31.5 Å². The van der Waals surface area contributed by atoms with Crippen molar-refractivity contribution in [2.24, 2.45) is 5.73 Å². The molecule has 1 saturated heterocycles. The van der Waals surface area contributed by atoms with E-state index < -0.39 is 6.04 Å². The smallest absolute Gasteiger partial charge is 0.239 e. The van der Waals surface area contributed by atoms with Crippen LogP contribution in [0.5, 0.6) is 5.75 Å². The van der Waals surface area contributed by atoms with Crippen LogP contribution in [0.4, 0.5) is 0 Å². The summed E-state index contributed by atoms with van der Waals surface area (Å²) < 4.78 is 5.44. The number of rotatable bonds is 5. The fourth-order valence-corrected chi connectivity index (χ4v) is 2.53. The van der Waals surface area contributed by atoms with Crippen LogP contribution in [-0.4, -0.2) is 54.5 Å². The number of halogens is 2. The highest BCUT2D eigenvalue weighted by Crippen LogP contribution is 2.14. The number of hydrogen-bond donors (Lipinski definition) is 1. The summed E-state index contributed by atoms with van der Waals surface area (Å²) in [5.74, 6) is 0.962. The summed E-state index contributed by atoms with van der Waals surface area (Å²) in [4.78, 5) is 16.1. The monoisotopic (exact) mass is 363 g/mol. The number of ether oxygens (including phenoxy) is 1. The lowest BCUT2D eigenvalue weighted by Gasteiger charge is -2.35. The molecule has 7 heteroatoms. The van der Waals surface area contributed by atoms with Crippen LogP contribution in [0, 0.1) is 0 Å². The first kappa shape index (κ1) is 22.0. The Balaban J connectivity index is 0.00000242. The summed E-state index contributed by atoms with van der Waals surface area (Å²) in [6.07, 6.45) is 0. The summed E-state index contributed by atoms with van der Waals surface area (Å²) in [6, 6.07) is 7.82. The predicted molar refractivity (Wildman–Crippen MR) is 97.6 cm³/mol. The zero-order chi connectivity index (χ0) is 15.2. The minimum atomic E-state index is -0.400. The third-order valence-corrected chi connectivity index (χ3v) is 3.71. The van der Waals surface area contributed by atoms with Gasteiger partial charge in [-0.1, -0.05) is 12.1 Å². The zero-order valence-electron chi connectivity index (χ0n) is 13.7. The number of piperazine rings is 1. The van der Waals surface area contributed by atoms with Crippen molar-refractivity contribution in [3.63, 3.8) is 0 Å². The topological polar surface area (TPSA) is 58.8 Å². The lowest BCUT2D eigenvalue weighted by atomic mass is 10.2. The minimum Gasteiger partial charge on any atom is -0.494 e. The van der Waals surface area contributed by atoms with Gasteiger partial charge in [0.15, 0.2) is 0 Å². The van der Waals surface area contributed by atoms with Crippen molar-refractivity contribution in [1.29, 1.82) is 0 Å². The molecule has 2 rings (SSSR count). The van der Waals surface area contributed by atoms with E-state index in [1.165, 1.54) is 5.56 Å². The summed E-state index contributed by atoms with van der Waals surface area (Å²) in [5.41, 5.74) is 6.92. The molecule has 0 aromatic heterocycles. The summed E-state index contributed by atoms with van der Waals surface area (Å²) >= 11 is 0. The molecule has 0 unspecified atom stereocenters. The van der Waals surface area contributed by atoms with Crippen molar-refractivity contribution in [3.8, 4) is 5.75 Å². The first-order chi connectivity index (χ1) is 10.1. The van der Waals surface area contributed by atoms with Crippen LogP contribution in [-0.2, 0) is 11.3 Å². The van der Waals surface area contributed by atoms with Crippen molar-refractivity contribution in [2.75, 3.05) is 32.8 Å². The SMILES string of the molecule is CCOc1ccc(CN2CCN(C(=O)[C@@H](C)N)CC2)cc1.Cl.Cl. The number of amides is 1. The normalized spacial score (nSPS) is 16.0. The molecule has 0 saturated carbocycles. The lowest BCUT2D eigenvalue weighted by Crippen LogP contribution is -2.52. The van der Waals surface area contributed by atoms with E-state index in [9.17, 15) is 4.79 Å². The zero-order valence-corrected chi connectivity index (χ0v) is 15.4. The van der Waals surface area contributed by atoms with E-state index in [0.717, 1.165) is 38.5 Å². The highest BCUT2D eigenvalue weighted by molar-refractivity contribution is 5.85. The van der Waals surface area contributed by atoms with Crippen molar-refractivity contribution in [2.45, 2.75) is 26.4 Å². The van der Waals surface area contributed by atoms with Gasteiger partial charge in [0.2, 0.25) is 5.91 Å². The second kappa shape index (κ2) is 10.7. The molecule has 2 N–H and O–H groups in total. The first-order valence-corrected chi connectivity index (χ1v) is 7.58. The first-order valence-electron chi connectivity index (χ1n) is 7.58. The minimum absolute atomic E-state index is 0. The van der Waals surface area contributed by atoms with Crippen LogP contribution >= 0.6 is 24.8 Å². The fourth-order valence-electron chi connectivity index (χ4n) is 2.53. The third kappa shape index (κ3) is 6.55. The highest BCUT2D eigenvalue weighted by Gasteiger charge is 2.22. The van der Waals surface area contributed by atoms with Crippen molar-refractivity contribution in [3.05, 3.63) is 29.8 Å². The van der Waals surface area contributed by atoms with Gasteiger partial charge >= 0.3 is 0 Å². The largest absolute Gasteiger partial charge is 0.494 e. The van der Waals surface area contributed by atoms with Crippen LogP contribution in [0.2, 0.25) is 0 Å².